The van der Waals surface area contributed by atoms with Gasteiger partial charge in [0.2, 0.25) is 21.8 Å². The van der Waals surface area contributed by atoms with Gasteiger partial charge in [-0.05, 0) is 24.6 Å². The molecule has 0 spiro atoms. The van der Waals surface area contributed by atoms with Gasteiger partial charge < -0.3 is 20.1 Å². The highest BCUT2D eigenvalue weighted by atomic mass is 32.2. The van der Waals surface area contributed by atoms with Gasteiger partial charge in [0.1, 0.15) is 17.7 Å². The summed E-state index contributed by atoms with van der Waals surface area (Å²) >= 11 is 0. The smallest absolute Gasteiger partial charge is 0.328 e. The van der Waals surface area contributed by atoms with Crippen LogP contribution >= 0.6 is 0 Å². The van der Waals surface area contributed by atoms with Gasteiger partial charge in [-0.25, -0.2) is 13.2 Å². The molecule has 10 nitrogen and oxygen atoms in total. The molecule has 1 aliphatic rings. The van der Waals surface area contributed by atoms with Crippen molar-refractivity contribution in [3.05, 3.63) is 29.8 Å². The second-order valence-electron chi connectivity index (χ2n) is 7.14. The molecule has 1 aromatic carbocycles. The highest BCUT2D eigenvalue weighted by Gasteiger charge is 2.36. The zero-order chi connectivity index (χ0) is 22.5. The number of esters is 1. The first-order valence-electron chi connectivity index (χ1n) is 9.31. The summed E-state index contributed by atoms with van der Waals surface area (Å²) in [5, 5.41) is 5.20. The molecule has 0 radical (unpaired) electrons. The van der Waals surface area contributed by atoms with E-state index in [1.54, 1.807) is 31.4 Å². The molecule has 1 saturated heterocycles. The monoisotopic (exact) mass is 441 g/mol. The van der Waals surface area contributed by atoms with Crippen molar-refractivity contribution in [3.8, 4) is 5.75 Å². The van der Waals surface area contributed by atoms with Crippen molar-refractivity contribution in [1.82, 2.24) is 14.9 Å². The average Bonchev–Trinajstić information content (AvgIpc) is 2.67. The van der Waals surface area contributed by atoms with Crippen LogP contribution in [0.1, 0.15) is 12.5 Å². The number of methoxy groups -OCH3 is 2. The van der Waals surface area contributed by atoms with Gasteiger partial charge in [-0.2, -0.15) is 4.31 Å². The van der Waals surface area contributed by atoms with Crippen molar-refractivity contribution in [3.63, 3.8) is 0 Å². The van der Waals surface area contributed by atoms with Gasteiger partial charge in [0.15, 0.2) is 0 Å². The molecule has 0 aromatic heterocycles. The van der Waals surface area contributed by atoms with Crippen LogP contribution in [0.2, 0.25) is 0 Å². The van der Waals surface area contributed by atoms with E-state index in [9.17, 15) is 22.8 Å². The number of carbonyl (C=O) groups excluding carboxylic acids is 3. The fourth-order valence-electron chi connectivity index (χ4n) is 2.88. The number of nitrogens with zero attached hydrogens (tertiary/aromatic N) is 1. The minimum absolute atomic E-state index is 0.168. The molecule has 2 amide bonds. The molecule has 2 rings (SSSR count). The van der Waals surface area contributed by atoms with E-state index in [4.69, 9.17) is 9.47 Å². The number of amides is 2. The lowest BCUT2D eigenvalue weighted by atomic mass is 10.0. The third-order valence-corrected chi connectivity index (χ3v) is 6.09. The van der Waals surface area contributed by atoms with Gasteiger partial charge in [0.25, 0.3) is 0 Å². The number of ether oxygens (including phenoxy) is 2. The Morgan fingerprint density at radius 2 is 1.73 bits per heavy atom. The maximum atomic E-state index is 12.5. The van der Waals surface area contributed by atoms with Crippen LogP contribution in [0, 0.1) is 5.92 Å². The summed E-state index contributed by atoms with van der Waals surface area (Å²) in [6.45, 7) is 1.75. The normalized spacial score (nSPS) is 16.7. The fourth-order valence-corrected chi connectivity index (χ4v) is 3.78. The van der Waals surface area contributed by atoms with Crippen LogP contribution < -0.4 is 15.4 Å². The maximum Gasteiger partial charge on any atom is 0.328 e. The number of carbonyl (C=O) groups is 3. The predicted octanol–water partition coefficient (Wildman–Crippen LogP) is -0.708. The minimum atomic E-state index is -3.29. The van der Waals surface area contributed by atoms with Crippen LogP contribution in [0.15, 0.2) is 24.3 Å². The Bertz CT molecular complexity index is 880. The summed E-state index contributed by atoms with van der Waals surface area (Å²) < 4.78 is 33.9. The maximum absolute atomic E-state index is 12.5. The molecule has 11 heteroatoms. The Labute approximate surface area is 176 Å². The van der Waals surface area contributed by atoms with Crippen molar-refractivity contribution in [2.75, 3.05) is 33.6 Å². The highest BCUT2D eigenvalue weighted by Crippen LogP contribution is 2.14. The van der Waals surface area contributed by atoms with E-state index in [0.29, 0.717) is 5.75 Å². The van der Waals surface area contributed by atoms with Crippen LogP contribution in [0.25, 0.3) is 0 Å². The standard InChI is InChI=1S/C19H27N3O7S/c1-12(17(23)20-14-10-22(11-14)30(4,26)27)18(24)21-16(19(25)29-3)9-13-5-7-15(28-2)8-6-13/h5-8,12,14,16H,9-11H2,1-4H3,(H,20,23)(H,21,24)/t12-,16-/m0/s1. The van der Waals surface area contributed by atoms with Gasteiger partial charge in [-0.15, -0.1) is 0 Å². The second-order valence-corrected chi connectivity index (χ2v) is 9.13. The quantitative estimate of drug-likeness (QED) is 0.382. The largest absolute Gasteiger partial charge is 0.497 e. The van der Waals surface area contributed by atoms with Crippen LogP contribution in [0.4, 0.5) is 0 Å². The summed E-state index contributed by atoms with van der Waals surface area (Å²) in [4.78, 5) is 36.9. The molecule has 0 aliphatic carbocycles. The second kappa shape index (κ2) is 9.90. The molecule has 2 N–H and O–H groups in total. The van der Waals surface area contributed by atoms with Crippen molar-refractivity contribution in [2.45, 2.75) is 25.4 Å². The van der Waals surface area contributed by atoms with Gasteiger partial charge in [-0.3, -0.25) is 9.59 Å². The molecule has 1 aliphatic heterocycles. The molecule has 0 saturated carbocycles. The lowest BCUT2D eigenvalue weighted by molar-refractivity contribution is -0.146. The number of nitrogens with one attached hydrogen (secondary N) is 2. The van der Waals surface area contributed by atoms with E-state index in [0.717, 1.165) is 11.8 Å². The molecule has 30 heavy (non-hydrogen) atoms. The van der Waals surface area contributed by atoms with E-state index < -0.39 is 39.8 Å². The molecule has 2 atom stereocenters. The summed E-state index contributed by atoms with van der Waals surface area (Å²) in [6, 6.07) is 5.69. The van der Waals surface area contributed by atoms with E-state index in [-0.39, 0.29) is 25.6 Å². The SMILES string of the molecule is COC(=O)[C@H](Cc1ccc(OC)cc1)NC(=O)[C@@H](C)C(=O)NC1CN(S(C)(=O)=O)C1. The third kappa shape index (κ3) is 6.17. The predicted molar refractivity (Wildman–Crippen MR) is 108 cm³/mol. The summed E-state index contributed by atoms with van der Waals surface area (Å²) in [5.74, 6) is -2.21. The Kier molecular flexibility index (Phi) is 7.79. The first kappa shape index (κ1) is 23.6. The van der Waals surface area contributed by atoms with Gasteiger partial charge in [0.05, 0.1) is 26.5 Å². The number of hydrogen-bond donors (Lipinski definition) is 2. The summed E-state index contributed by atoms with van der Waals surface area (Å²) in [6.07, 6.45) is 1.28. The van der Waals surface area contributed by atoms with Crippen molar-refractivity contribution in [1.29, 1.82) is 0 Å². The van der Waals surface area contributed by atoms with E-state index in [1.165, 1.54) is 18.3 Å². The Morgan fingerprint density at radius 3 is 2.23 bits per heavy atom. The first-order chi connectivity index (χ1) is 14.0. The molecule has 166 valence electrons. The van der Waals surface area contributed by atoms with Crippen LogP contribution in [-0.4, -0.2) is 76.2 Å². The number of sulfonamides is 1. The summed E-state index contributed by atoms with van der Waals surface area (Å²) in [7, 11) is -0.530. The molecular weight excluding hydrogens is 414 g/mol. The van der Waals surface area contributed by atoms with Crippen molar-refractivity contribution >= 4 is 27.8 Å². The topological polar surface area (TPSA) is 131 Å². The molecule has 1 heterocycles. The number of hydrogen-bond acceptors (Lipinski definition) is 7. The molecule has 1 aromatic rings. The van der Waals surface area contributed by atoms with E-state index >= 15 is 0 Å². The molecule has 1 fully saturated rings. The number of rotatable bonds is 9. The lowest BCUT2D eigenvalue weighted by Gasteiger charge is -2.37. The zero-order valence-electron chi connectivity index (χ0n) is 17.4. The van der Waals surface area contributed by atoms with Crippen LogP contribution in [-0.2, 0) is 35.6 Å². The Balaban J connectivity index is 1.93. The van der Waals surface area contributed by atoms with Crippen molar-refractivity contribution in [2.24, 2.45) is 5.92 Å². The summed E-state index contributed by atoms with van der Waals surface area (Å²) in [5.41, 5.74) is 0.777. The fraction of sp³-hybridized carbons (Fsp3) is 0.526. The first-order valence-corrected chi connectivity index (χ1v) is 11.2. The molecular formula is C19H27N3O7S. The Hall–Kier alpha value is -2.66. The van der Waals surface area contributed by atoms with E-state index in [2.05, 4.69) is 10.6 Å². The lowest BCUT2D eigenvalue weighted by Crippen LogP contribution is -2.62. The van der Waals surface area contributed by atoms with Gasteiger partial charge >= 0.3 is 5.97 Å². The van der Waals surface area contributed by atoms with Crippen LogP contribution in [0.5, 0.6) is 5.75 Å². The average molecular weight is 442 g/mol. The van der Waals surface area contributed by atoms with Gasteiger partial charge in [-0.1, -0.05) is 12.1 Å². The Morgan fingerprint density at radius 1 is 1.13 bits per heavy atom. The minimum Gasteiger partial charge on any atom is -0.497 e. The molecule has 0 unspecified atom stereocenters. The van der Waals surface area contributed by atoms with Crippen molar-refractivity contribution < 1.29 is 32.3 Å². The molecule has 0 bridgehead atoms. The number of benzene rings is 1. The van der Waals surface area contributed by atoms with Crippen LogP contribution in [0.3, 0.4) is 0 Å². The zero-order valence-corrected chi connectivity index (χ0v) is 18.2. The highest BCUT2D eigenvalue weighted by molar-refractivity contribution is 7.88. The third-order valence-electron chi connectivity index (χ3n) is 4.85. The van der Waals surface area contributed by atoms with E-state index in [1.807, 2.05) is 0 Å². The van der Waals surface area contributed by atoms with Gasteiger partial charge in [0, 0.05) is 19.5 Å².